The molecule has 1 amide bonds. The van der Waals surface area contributed by atoms with Crippen molar-refractivity contribution in [1.29, 1.82) is 0 Å². The fourth-order valence-corrected chi connectivity index (χ4v) is 2.54. The fourth-order valence-electron chi connectivity index (χ4n) is 1.66. The Morgan fingerprint density at radius 2 is 2.05 bits per heavy atom. The van der Waals surface area contributed by atoms with Crippen molar-refractivity contribution in [3.05, 3.63) is 54.4 Å². The number of aliphatic hydroxyl groups is 1. The van der Waals surface area contributed by atoms with E-state index in [4.69, 9.17) is 0 Å². The minimum absolute atomic E-state index is 0.0730. The number of hydrogen-bond acceptors (Lipinski definition) is 4. The molecular formula is C15H16N2O2S. The van der Waals surface area contributed by atoms with Gasteiger partial charge in [-0.3, -0.25) is 9.78 Å². The summed E-state index contributed by atoms with van der Waals surface area (Å²) < 4.78 is 0. The monoisotopic (exact) mass is 288 g/mol. The molecule has 0 bridgehead atoms. The van der Waals surface area contributed by atoms with Crippen molar-refractivity contribution in [1.82, 2.24) is 4.98 Å². The first-order valence-electron chi connectivity index (χ1n) is 6.31. The maximum Gasteiger partial charge on any atom is 0.225 e. The molecule has 1 heterocycles. The summed E-state index contributed by atoms with van der Waals surface area (Å²) >= 11 is 1.64. The second-order valence-electron chi connectivity index (χ2n) is 4.15. The topological polar surface area (TPSA) is 62.2 Å². The molecule has 2 aromatic rings. The highest BCUT2D eigenvalue weighted by Crippen LogP contribution is 2.18. The maximum atomic E-state index is 11.8. The summed E-state index contributed by atoms with van der Waals surface area (Å²) in [4.78, 5) is 16.9. The number of anilines is 1. The van der Waals surface area contributed by atoms with E-state index in [1.807, 2.05) is 30.3 Å². The van der Waals surface area contributed by atoms with Crippen LogP contribution in [0.2, 0.25) is 0 Å². The van der Waals surface area contributed by atoms with Gasteiger partial charge in [-0.1, -0.05) is 18.2 Å². The van der Waals surface area contributed by atoms with E-state index in [0.717, 1.165) is 4.90 Å². The lowest BCUT2D eigenvalue weighted by Gasteiger charge is -2.08. The molecule has 0 spiro atoms. The quantitative estimate of drug-likeness (QED) is 0.802. The van der Waals surface area contributed by atoms with Gasteiger partial charge in [0.25, 0.3) is 0 Å². The lowest BCUT2D eigenvalue weighted by atomic mass is 10.2. The van der Waals surface area contributed by atoms with E-state index in [-0.39, 0.29) is 12.5 Å². The predicted molar refractivity (Wildman–Crippen MR) is 80.6 cm³/mol. The Kier molecular flexibility index (Phi) is 5.58. The van der Waals surface area contributed by atoms with Gasteiger partial charge in [0.1, 0.15) is 0 Å². The van der Waals surface area contributed by atoms with Crippen molar-refractivity contribution in [3.8, 4) is 0 Å². The zero-order valence-electron chi connectivity index (χ0n) is 11.0. The summed E-state index contributed by atoms with van der Waals surface area (Å²) in [7, 11) is 0. The third kappa shape index (κ3) is 4.36. The number of rotatable bonds is 6. The number of pyridine rings is 1. The molecule has 0 saturated heterocycles. The van der Waals surface area contributed by atoms with Crippen LogP contribution >= 0.6 is 11.8 Å². The van der Waals surface area contributed by atoms with Crippen molar-refractivity contribution in [2.75, 3.05) is 11.1 Å². The highest BCUT2D eigenvalue weighted by Gasteiger charge is 2.06. The first-order valence-corrected chi connectivity index (χ1v) is 7.29. The summed E-state index contributed by atoms with van der Waals surface area (Å²) in [5, 5.41) is 11.9. The van der Waals surface area contributed by atoms with E-state index < -0.39 is 0 Å². The molecule has 0 radical (unpaired) electrons. The lowest BCUT2D eigenvalue weighted by Crippen LogP contribution is -2.13. The molecule has 0 aliphatic carbocycles. The van der Waals surface area contributed by atoms with Crippen LogP contribution in [0.15, 0.2) is 53.7 Å². The maximum absolute atomic E-state index is 11.8. The molecule has 1 aromatic carbocycles. The number of aromatic nitrogens is 1. The largest absolute Gasteiger partial charge is 0.392 e. The van der Waals surface area contributed by atoms with Crippen molar-refractivity contribution in [3.63, 3.8) is 0 Å². The molecule has 104 valence electrons. The van der Waals surface area contributed by atoms with Gasteiger partial charge in [0.05, 0.1) is 18.5 Å². The van der Waals surface area contributed by atoms with E-state index in [0.29, 0.717) is 23.4 Å². The lowest BCUT2D eigenvalue weighted by molar-refractivity contribution is -0.115. The average molecular weight is 288 g/mol. The number of amides is 1. The van der Waals surface area contributed by atoms with E-state index in [2.05, 4.69) is 10.3 Å². The summed E-state index contributed by atoms with van der Waals surface area (Å²) in [6.45, 7) is -0.114. The second kappa shape index (κ2) is 7.67. The van der Waals surface area contributed by atoms with Crippen LogP contribution in [-0.2, 0) is 11.4 Å². The molecule has 0 saturated carbocycles. The molecule has 5 heteroatoms. The molecule has 0 aliphatic heterocycles. The number of carbonyl (C=O) groups excluding carboxylic acids is 1. The Labute approximate surface area is 122 Å². The Hall–Kier alpha value is -1.85. The zero-order valence-corrected chi connectivity index (χ0v) is 11.8. The van der Waals surface area contributed by atoms with Crippen LogP contribution in [0.25, 0.3) is 0 Å². The highest BCUT2D eigenvalue weighted by atomic mass is 32.2. The highest BCUT2D eigenvalue weighted by molar-refractivity contribution is 7.99. The molecule has 0 fully saturated rings. The Morgan fingerprint density at radius 3 is 2.80 bits per heavy atom. The van der Waals surface area contributed by atoms with Crippen LogP contribution < -0.4 is 5.32 Å². The normalized spacial score (nSPS) is 10.2. The van der Waals surface area contributed by atoms with E-state index in [1.165, 1.54) is 0 Å². The van der Waals surface area contributed by atoms with E-state index in [9.17, 15) is 9.90 Å². The molecule has 0 aliphatic rings. The second-order valence-corrected chi connectivity index (χ2v) is 5.32. The molecule has 2 N–H and O–H groups in total. The van der Waals surface area contributed by atoms with Gasteiger partial charge in [0.15, 0.2) is 0 Å². The predicted octanol–water partition coefficient (Wildman–Crippen LogP) is 2.69. The number of nitrogens with zero attached hydrogens (tertiary/aromatic N) is 1. The number of carbonyl (C=O) groups is 1. The molecule has 4 nitrogen and oxygen atoms in total. The molecular weight excluding hydrogens is 272 g/mol. The number of thioether (sulfide) groups is 1. The van der Waals surface area contributed by atoms with Crippen molar-refractivity contribution >= 4 is 23.4 Å². The Bertz CT molecular complexity index is 561. The van der Waals surface area contributed by atoms with Crippen LogP contribution in [-0.4, -0.2) is 21.8 Å². The smallest absolute Gasteiger partial charge is 0.225 e. The molecule has 0 atom stereocenters. The SMILES string of the molecule is O=C(CCSc1ccccc1)Nc1cnccc1CO. The molecule has 0 unspecified atom stereocenters. The van der Waals surface area contributed by atoms with E-state index in [1.54, 1.807) is 30.2 Å². The van der Waals surface area contributed by atoms with Gasteiger partial charge in [-0.2, -0.15) is 0 Å². The number of benzene rings is 1. The molecule has 1 aromatic heterocycles. The number of aliphatic hydroxyl groups excluding tert-OH is 1. The average Bonchev–Trinajstić information content (AvgIpc) is 2.49. The standard InChI is InChI=1S/C15H16N2O2S/c18-11-12-6-8-16-10-14(12)17-15(19)7-9-20-13-4-2-1-3-5-13/h1-6,8,10,18H,7,9,11H2,(H,17,19). The van der Waals surface area contributed by atoms with Crippen LogP contribution in [0.3, 0.4) is 0 Å². The summed E-state index contributed by atoms with van der Waals surface area (Å²) in [5.74, 6) is 0.640. The summed E-state index contributed by atoms with van der Waals surface area (Å²) in [6.07, 6.45) is 3.56. The van der Waals surface area contributed by atoms with Gasteiger partial charge in [0, 0.05) is 28.8 Å². The Balaban J connectivity index is 1.81. The number of hydrogen-bond donors (Lipinski definition) is 2. The first-order chi connectivity index (χ1) is 9.79. The van der Waals surface area contributed by atoms with Gasteiger partial charge in [0.2, 0.25) is 5.91 Å². The molecule has 2 rings (SSSR count). The number of nitrogens with one attached hydrogen (secondary N) is 1. The first kappa shape index (κ1) is 14.6. The van der Waals surface area contributed by atoms with Gasteiger partial charge in [-0.05, 0) is 18.2 Å². The third-order valence-corrected chi connectivity index (χ3v) is 3.71. The molecule has 20 heavy (non-hydrogen) atoms. The minimum atomic E-state index is -0.114. The van der Waals surface area contributed by atoms with Crippen molar-refractivity contribution in [2.45, 2.75) is 17.9 Å². The summed E-state index contributed by atoms with van der Waals surface area (Å²) in [6, 6.07) is 11.7. The van der Waals surface area contributed by atoms with Crippen LogP contribution in [0, 0.1) is 0 Å². The van der Waals surface area contributed by atoms with E-state index >= 15 is 0 Å². The van der Waals surface area contributed by atoms with Crippen LogP contribution in [0.4, 0.5) is 5.69 Å². The zero-order chi connectivity index (χ0) is 14.2. The van der Waals surface area contributed by atoms with Gasteiger partial charge < -0.3 is 10.4 Å². The van der Waals surface area contributed by atoms with Crippen molar-refractivity contribution < 1.29 is 9.90 Å². The van der Waals surface area contributed by atoms with Gasteiger partial charge >= 0.3 is 0 Å². The Morgan fingerprint density at radius 1 is 1.25 bits per heavy atom. The van der Waals surface area contributed by atoms with Crippen LogP contribution in [0.5, 0.6) is 0 Å². The third-order valence-electron chi connectivity index (χ3n) is 2.70. The van der Waals surface area contributed by atoms with Crippen molar-refractivity contribution in [2.24, 2.45) is 0 Å². The van der Waals surface area contributed by atoms with Crippen LogP contribution in [0.1, 0.15) is 12.0 Å². The minimum Gasteiger partial charge on any atom is -0.392 e. The van der Waals surface area contributed by atoms with Gasteiger partial charge in [-0.25, -0.2) is 0 Å². The van der Waals surface area contributed by atoms with Gasteiger partial charge in [-0.15, -0.1) is 11.8 Å². The fraction of sp³-hybridized carbons (Fsp3) is 0.200. The summed E-state index contributed by atoms with van der Waals surface area (Å²) in [5.41, 5.74) is 1.24.